The highest BCUT2D eigenvalue weighted by Crippen LogP contribution is 2.36. The average molecular weight is 512 g/mol. The molecule has 1 saturated carbocycles. The molecule has 2 aliphatic rings. The number of anilines is 2. The maximum absolute atomic E-state index is 13.7. The zero-order valence-corrected chi connectivity index (χ0v) is 20.2. The quantitative estimate of drug-likeness (QED) is 0.429. The van der Waals surface area contributed by atoms with Gasteiger partial charge in [0.15, 0.2) is 11.5 Å². The minimum Gasteiger partial charge on any atom is -0.372 e. The fourth-order valence-electron chi connectivity index (χ4n) is 4.64. The first-order valence-electron chi connectivity index (χ1n) is 12.0. The molecule has 0 unspecified atom stereocenters. The molecule has 2 atom stereocenters. The van der Waals surface area contributed by atoms with E-state index in [1.54, 1.807) is 4.52 Å². The first-order chi connectivity index (χ1) is 17.7. The molecule has 2 fully saturated rings. The second kappa shape index (κ2) is 8.65. The lowest BCUT2D eigenvalue weighted by atomic mass is 10.1. The summed E-state index contributed by atoms with van der Waals surface area (Å²) < 4.78 is 48.1. The van der Waals surface area contributed by atoms with Crippen LogP contribution in [0.2, 0.25) is 0 Å². The van der Waals surface area contributed by atoms with E-state index in [4.69, 9.17) is 4.74 Å². The van der Waals surface area contributed by atoms with Crippen LogP contribution in [0.1, 0.15) is 32.4 Å². The molecule has 0 bridgehead atoms. The molecule has 12 heteroatoms. The first-order valence-corrected chi connectivity index (χ1v) is 12.0. The highest BCUT2D eigenvalue weighted by molar-refractivity contribution is 6.00. The van der Waals surface area contributed by atoms with Gasteiger partial charge in [0, 0.05) is 41.8 Å². The molecule has 1 saturated heterocycles. The summed E-state index contributed by atoms with van der Waals surface area (Å²) in [6, 6.07) is 5.27. The Morgan fingerprint density at radius 3 is 2.76 bits per heavy atom. The summed E-state index contributed by atoms with van der Waals surface area (Å²) in [6.45, 7) is 6.15. The van der Waals surface area contributed by atoms with Crippen LogP contribution in [0.4, 0.5) is 24.7 Å². The molecular weight excluding hydrogens is 487 g/mol. The van der Waals surface area contributed by atoms with Crippen LogP contribution >= 0.6 is 0 Å². The lowest BCUT2D eigenvalue weighted by Gasteiger charge is -2.39. The van der Waals surface area contributed by atoms with Gasteiger partial charge in [-0.25, -0.2) is 27.7 Å². The van der Waals surface area contributed by atoms with E-state index in [1.165, 1.54) is 18.5 Å². The Morgan fingerprint density at radius 1 is 1.22 bits per heavy atom. The van der Waals surface area contributed by atoms with E-state index in [2.05, 4.69) is 30.3 Å². The van der Waals surface area contributed by atoms with Crippen molar-refractivity contribution in [3.8, 4) is 11.4 Å². The second-order valence-corrected chi connectivity index (χ2v) is 9.98. The molecule has 5 heterocycles. The predicted molar refractivity (Wildman–Crippen MR) is 130 cm³/mol. The van der Waals surface area contributed by atoms with Crippen LogP contribution in [0.3, 0.4) is 0 Å². The van der Waals surface area contributed by atoms with Crippen molar-refractivity contribution in [2.24, 2.45) is 5.92 Å². The van der Waals surface area contributed by atoms with Crippen molar-refractivity contribution in [3.63, 3.8) is 0 Å². The van der Waals surface area contributed by atoms with Crippen molar-refractivity contribution in [1.82, 2.24) is 24.6 Å². The predicted octanol–water partition coefficient (Wildman–Crippen LogP) is 4.19. The molecule has 0 spiro atoms. The monoisotopic (exact) mass is 511 g/mol. The van der Waals surface area contributed by atoms with Crippen molar-refractivity contribution < 1.29 is 22.7 Å². The number of nitrogens with one attached hydrogen (secondary N) is 1. The van der Waals surface area contributed by atoms with Crippen LogP contribution in [0.5, 0.6) is 0 Å². The number of pyridine rings is 3. The Hall–Kier alpha value is -3.80. The van der Waals surface area contributed by atoms with E-state index in [9.17, 15) is 18.0 Å². The number of hydrogen-bond acceptors (Lipinski definition) is 7. The van der Waals surface area contributed by atoms with Crippen LogP contribution in [-0.2, 0) is 9.53 Å². The Morgan fingerprint density at radius 2 is 2.03 bits per heavy atom. The van der Waals surface area contributed by atoms with Gasteiger partial charge in [0.2, 0.25) is 5.91 Å². The van der Waals surface area contributed by atoms with Crippen LogP contribution in [0.15, 0.2) is 36.8 Å². The molecule has 4 aromatic rings. The minimum atomic E-state index is -2.83. The second-order valence-electron chi connectivity index (χ2n) is 9.98. The molecule has 1 aliphatic carbocycles. The van der Waals surface area contributed by atoms with Gasteiger partial charge in [-0.3, -0.25) is 9.78 Å². The van der Waals surface area contributed by atoms with Gasteiger partial charge in [-0.15, -0.1) is 5.10 Å². The lowest BCUT2D eigenvalue weighted by molar-refractivity contribution is -0.117. The van der Waals surface area contributed by atoms with E-state index in [-0.39, 0.29) is 29.1 Å². The highest BCUT2D eigenvalue weighted by Gasteiger charge is 2.43. The van der Waals surface area contributed by atoms with Crippen LogP contribution in [-0.4, -0.2) is 61.9 Å². The summed E-state index contributed by atoms with van der Waals surface area (Å²) >= 11 is 0. The maximum atomic E-state index is 13.7. The van der Waals surface area contributed by atoms with E-state index < -0.39 is 30.1 Å². The van der Waals surface area contributed by atoms with Crippen molar-refractivity contribution in [2.45, 2.75) is 38.5 Å². The molecule has 192 valence electrons. The number of ether oxygens (including phenoxy) is 1. The van der Waals surface area contributed by atoms with Crippen LogP contribution in [0, 0.1) is 5.92 Å². The molecule has 4 aromatic heterocycles. The standard InChI is InChI=1S/C25H24F3N7O2/c1-25(2)12-34(5-6-37-25)13-3-4-20-32-23(33-35(20)11-13)17-10-30-21(22(27)28)16-9-29-19(8-14(16)17)31-24(36)15-7-18(15)26/h3-4,8-11,15,18,22H,5-7,12H2,1-2H3,(H,29,31,36)/t15-,18+/m1/s1. The summed E-state index contributed by atoms with van der Waals surface area (Å²) in [5.41, 5.74) is 1.23. The van der Waals surface area contributed by atoms with Gasteiger partial charge in [-0.2, -0.15) is 0 Å². The van der Waals surface area contributed by atoms with Crippen molar-refractivity contribution in [1.29, 1.82) is 0 Å². The van der Waals surface area contributed by atoms with Gasteiger partial charge in [0.25, 0.3) is 6.43 Å². The van der Waals surface area contributed by atoms with E-state index >= 15 is 0 Å². The molecular formula is C25H24F3N7O2. The summed E-state index contributed by atoms with van der Waals surface area (Å²) in [4.78, 5) is 27.1. The molecule has 1 aliphatic heterocycles. The first kappa shape index (κ1) is 23.6. The number of carbonyl (C=O) groups is 1. The normalized spacial score (nSPS) is 21.1. The number of fused-ring (bicyclic) bond motifs is 2. The number of halogens is 3. The number of carbonyl (C=O) groups excluding carboxylic acids is 1. The number of nitrogens with zero attached hydrogens (tertiary/aromatic N) is 6. The number of hydrogen-bond donors (Lipinski definition) is 1. The Labute approximate surface area is 209 Å². The smallest absolute Gasteiger partial charge is 0.281 e. The third-order valence-electron chi connectivity index (χ3n) is 6.66. The number of amides is 1. The molecule has 0 aromatic carbocycles. The largest absolute Gasteiger partial charge is 0.372 e. The average Bonchev–Trinajstić information content (AvgIpc) is 3.44. The fraction of sp³-hybridized carbons (Fsp3) is 0.400. The molecule has 9 nitrogen and oxygen atoms in total. The van der Waals surface area contributed by atoms with Crippen molar-refractivity contribution >= 4 is 33.8 Å². The summed E-state index contributed by atoms with van der Waals surface area (Å²) in [5, 5.41) is 7.65. The third kappa shape index (κ3) is 4.45. The Kier molecular flexibility index (Phi) is 5.51. The topological polar surface area (TPSA) is 97.5 Å². The van der Waals surface area contributed by atoms with Crippen LogP contribution in [0.25, 0.3) is 27.8 Å². The Balaban J connectivity index is 1.39. The van der Waals surface area contributed by atoms with Gasteiger partial charge < -0.3 is 15.0 Å². The van der Waals surface area contributed by atoms with E-state index in [0.717, 1.165) is 18.8 Å². The van der Waals surface area contributed by atoms with E-state index in [0.29, 0.717) is 23.2 Å². The number of aromatic nitrogens is 5. The molecule has 6 rings (SSSR count). The molecule has 1 N–H and O–H groups in total. The molecule has 0 radical (unpaired) electrons. The van der Waals surface area contributed by atoms with Crippen molar-refractivity contribution in [3.05, 3.63) is 42.5 Å². The number of morpholine rings is 1. The summed E-state index contributed by atoms with van der Waals surface area (Å²) in [6.07, 6.45) is 0.574. The van der Waals surface area contributed by atoms with Gasteiger partial charge in [-0.05, 0) is 38.5 Å². The van der Waals surface area contributed by atoms with Gasteiger partial charge in [-0.1, -0.05) is 0 Å². The minimum absolute atomic E-state index is 0.121. The SMILES string of the molecule is CC1(C)CN(c2ccc3nc(-c4cnc(C(F)F)c5cnc(NC(=O)[C@@H]6C[C@@H]6F)cc45)nn3c2)CCO1. The highest BCUT2D eigenvalue weighted by atomic mass is 19.3. The van der Waals surface area contributed by atoms with Crippen LogP contribution < -0.4 is 10.2 Å². The molecule has 1 amide bonds. The summed E-state index contributed by atoms with van der Waals surface area (Å²) in [5.74, 6) is -0.788. The number of alkyl halides is 3. The Bertz CT molecular complexity index is 1520. The zero-order chi connectivity index (χ0) is 25.9. The summed E-state index contributed by atoms with van der Waals surface area (Å²) in [7, 11) is 0. The number of rotatable bonds is 5. The van der Waals surface area contributed by atoms with E-state index in [1.807, 2.05) is 32.2 Å². The fourth-order valence-corrected chi connectivity index (χ4v) is 4.64. The third-order valence-corrected chi connectivity index (χ3v) is 6.66. The van der Waals surface area contributed by atoms with Gasteiger partial charge in [0.1, 0.15) is 17.7 Å². The van der Waals surface area contributed by atoms with Crippen molar-refractivity contribution in [2.75, 3.05) is 29.9 Å². The zero-order valence-electron chi connectivity index (χ0n) is 20.2. The maximum Gasteiger partial charge on any atom is 0.281 e. The van der Waals surface area contributed by atoms with Gasteiger partial charge >= 0.3 is 0 Å². The van der Waals surface area contributed by atoms with Gasteiger partial charge in [0.05, 0.1) is 30.0 Å². The lowest BCUT2D eigenvalue weighted by Crippen LogP contribution is -2.48. The molecule has 37 heavy (non-hydrogen) atoms.